The highest BCUT2D eigenvalue weighted by Crippen LogP contribution is 2.39. The van der Waals surface area contributed by atoms with Gasteiger partial charge in [-0.3, -0.25) is 9.59 Å². The summed E-state index contributed by atoms with van der Waals surface area (Å²) in [6, 6.07) is 13.6. The van der Waals surface area contributed by atoms with Crippen molar-refractivity contribution in [1.82, 2.24) is 9.80 Å². The van der Waals surface area contributed by atoms with Crippen LogP contribution in [0.1, 0.15) is 52.0 Å². The number of carbonyl (C=O) groups is 2. The van der Waals surface area contributed by atoms with Crippen molar-refractivity contribution in [3.63, 3.8) is 0 Å². The van der Waals surface area contributed by atoms with E-state index in [1.165, 1.54) is 16.7 Å². The highest BCUT2D eigenvalue weighted by atomic mass is 32.1. The molecule has 0 fully saturated rings. The first-order valence-electron chi connectivity index (χ1n) is 10.7. The molecule has 0 radical (unpaired) electrons. The summed E-state index contributed by atoms with van der Waals surface area (Å²) in [5, 5.41) is 2.11. The van der Waals surface area contributed by atoms with E-state index in [1.807, 2.05) is 30.9 Å². The van der Waals surface area contributed by atoms with Gasteiger partial charge in [-0.25, -0.2) is 0 Å². The molecule has 0 saturated carbocycles. The number of carbonyl (C=O) groups excluding carboxylic acids is 2. The molecule has 0 aliphatic carbocycles. The van der Waals surface area contributed by atoms with Gasteiger partial charge in [0, 0.05) is 18.0 Å². The maximum Gasteiger partial charge on any atom is 0.290 e. The Morgan fingerprint density at radius 3 is 2.68 bits per heavy atom. The van der Waals surface area contributed by atoms with E-state index >= 15 is 0 Å². The molecular weight excluding hydrogens is 408 g/mol. The van der Waals surface area contributed by atoms with Gasteiger partial charge in [0.15, 0.2) is 5.76 Å². The first-order chi connectivity index (χ1) is 15.0. The molecule has 1 atom stereocenters. The second kappa shape index (κ2) is 9.10. The van der Waals surface area contributed by atoms with Gasteiger partial charge in [0.25, 0.3) is 5.91 Å². The largest absolute Gasteiger partial charge is 0.459 e. The lowest BCUT2D eigenvalue weighted by molar-refractivity contribution is -0.134. The number of fused-ring (bicyclic) bond motifs is 1. The van der Waals surface area contributed by atoms with Crippen LogP contribution in [0.15, 0.2) is 58.5 Å². The maximum absolute atomic E-state index is 13.6. The molecule has 1 aromatic carbocycles. The third-order valence-corrected chi connectivity index (χ3v) is 6.70. The molecule has 0 bridgehead atoms. The van der Waals surface area contributed by atoms with Crippen molar-refractivity contribution in [1.29, 1.82) is 0 Å². The lowest BCUT2D eigenvalue weighted by Crippen LogP contribution is -2.47. The molecule has 4 rings (SSSR count). The van der Waals surface area contributed by atoms with Crippen LogP contribution in [0.25, 0.3) is 0 Å². The lowest BCUT2D eigenvalue weighted by atomic mass is 9.90. The smallest absolute Gasteiger partial charge is 0.290 e. The molecular formula is C25H28N2O3S. The van der Waals surface area contributed by atoms with Crippen LogP contribution in [-0.4, -0.2) is 41.2 Å². The van der Waals surface area contributed by atoms with Gasteiger partial charge in [-0.2, -0.15) is 0 Å². The van der Waals surface area contributed by atoms with E-state index in [1.54, 1.807) is 28.4 Å². The van der Waals surface area contributed by atoms with Gasteiger partial charge in [-0.05, 0) is 59.5 Å². The van der Waals surface area contributed by atoms with Crippen molar-refractivity contribution in [2.24, 2.45) is 5.92 Å². The monoisotopic (exact) mass is 436 g/mol. The fourth-order valence-corrected chi connectivity index (χ4v) is 5.19. The second-order valence-electron chi connectivity index (χ2n) is 8.45. The van der Waals surface area contributed by atoms with Crippen LogP contribution in [0, 0.1) is 12.8 Å². The minimum absolute atomic E-state index is 0.0364. The molecule has 1 unspecified atom stereocenters. The Balaban J connectivity index is 1.64. The minimum atomic E-state index is -0.243. The third-order valence-electron chi connectivity index (χ3n) is 5.70. The number of hydrogen-bond acceptors (Lipinski definition) is 4. The SMILES string of the molecule is Cc1ccccc1C1c2ccsc2CCN1C(=O)CN(CC(C)C)C(=O)c1ccco1. The minimum Gasteiger partial charge on any atom is -0.459 e. The zero-order valence-corrected chi connectivity index (χ0v) is 19.0. The van der Waals surface area contributed by atoms with E-state index < -0.39 is 0 Å². The number of furan rings is 1. The van der Waals surface area contributed by atoms with Crippen LogP contribution >= 0.6 is 11.3 Å². The Labute approximate surface area is 187 Å². The summed E-state index contributed by atoms with van der Waals surface area (Å²) >= 11 is 1.75. The molecule has 0 N–H and O–H groups in total. The van der Waals surface area contributed by atoms with Gasteiger partial charge in [0.2, 0.25) is 5.91 Å². The van der Waals surface area contributed by atoms with Gasteiger partial charge in [0.05, 0.1) is 12.3 Å². The van der Waals surface area contributed by atoms with Crippen LogP contribution in [0.3, 0.4) is 0 Å². The van der Waals surface area contributed by atoms with Crippen LogP contribution < -0.4 is 0 Å². The molecule has 2 amide bonds. The topological polar surface area (TPSA) is 53.8 Å². The Kier molecular flexibility index (Phi) is 6.28. The Morgan fingerprint density at radius 2 is 1.97 bits per heavy atom. The Morgan fingerprint density at radius 1 is 1.16 bits per heavy atom. The second-order valence-corrected chi connectivity index (χ2v) is 9.45. The van der Waals surface area contributed by atoms with E-state index in [2.05, 4.69) is 30.5 Å². The Hall–Kier alpha value is -2.86. The summed E-state index contributed by atoms with van der Waals surface area (Å²) in [6.07, 6.45) is 2.33. The van der Waals surface area contributed by atoms with Crippen molar-refractivity contribution in [2.45, 2.75) is 33.2 Å². The zero-order valence-electron chi connectivity index (χ0n) is 18.2. The molecule has 1 aliphatic rings. The molecule has 0 spiro atoms. The lowest BCUT2D eigenvalue weighted by Gasteiger charge is -2.38. The van der Waals surface area contributed by atoms with Gasteiger partial charge in [-0.1, -0.05) is 38.1 Å². The van der Waals surface area contributed by atoms with Gasteiger partial charge in [-0.15, -0.1) is 11.3 Å². The molecule has 6 heteroatoms. The van der Waals surface area contributed by atoms with E-state index in [0.717, 1.165) is 17.5 Å². The summed E-state index contributed by atoms with van der Waals surface area (Å²) in [6.45, 7) is 7.36. The van der Waals surface area contributed by atoms with Crippen molar-refractivity contribution in [3.05, 3.63) is 81.4 Å². The predicted octanol–water partition coefficient (Wildman–Crippen LogP) is 4.92. The van der Waals surface area contributed by atoms with Crippen molar-refractivity contribution < 1.29 is 14.0 Å². The number of aryl methyl sites for hydroxylation is 1. The van der Waals surface area contributed by atoms with E-state index in [9.17, 15) is 9.59 Å². The van der Waals surface area contributed by atoms with Crippen LogP contribution in [0.5, 0.6) is 0 Å². The highest BCUT2D eigenvalue weighted by molar-refractivity contribution is 7.10. The van der Waals surface area contributed by atoms with Gasteiger partial charge in [0.1, 0.15) is 6.54 Å². The molecule has 162 valence electrons. The summed E-state index contributed by atoms with van der Waals surface area (Å²) in [7, 11) is 0. The van der Waals surface area contributed by atoms with Crippen LogP contribution in [0.2, 0.25) is 0 Å². The third kappa shape index (κ3) is 4.44. The summed E-state index contributed by atoms with van der Waals surface area (Å²) < 4.78 is 5.31. The standard InChI is InChI=1S/C25H28N2O3S/c1-17(2)15-26(25(29)21-9-6-13-30-21)16-23(28)27-12-10-22-20(11-14-31-22)24(27)19-8-5-4-7-18(19)3/h4-9,11,13-14,17,24H,10,12,15-16H2,1-3H3. The number of thiophene rings is 1. The number of hydrogen-bond donors (Lipinski definition) is 0. The van der Waals surface area contributed by atoms with E-state index in [0.29, 0.717) is 13.1 Å². The molecule has 3 heterocycles. The van der Waals surface area contributed by atoms with Crippen molar-refractivity contribution in [2.75, 3.05) is 19.6 Å². The number of rotatable bonds is 6. The number of amides is 2. The van der Waals surface area contributed by atoms with Crippen LogP contribution in [-0.2, 0) is 11.2 Å². The zero-order chi connectivity index (χ0) is 22.0. The van der Waals surface area contributed by atoms with E-state index in [-0.39, 0.29) is 36.1 Å². The maximum atomic E-state index is 13.6. The average molecular weight is 437 g/mol. The molecule has 1 aliphatic heterocycles. The first kappa shape index (κ1) is 21.4. The van der Waals surface area contributed by atoms with E-state index in [4.69, 9.17) is 4.42 Å². The number of nitrogens with zero attached hydrogens (tertiary/aromatic N) is 2. The molecule has 31 heavy (non-hydrogen) atoms. The predicted molar refractivity (Wildman–Crippen MR) is 122 cm³/mol. The normalized spacial score (nSPS) is 15.7. The van der Waals surface area contributed by atoms with Crippen molar-refractivity contribution >= 4 is 23.2 Å². The average Bonchev–Trinajstić information content (AvgIpc) is 3.44. The van der Waals surface area contributed by atoms with Crippen LogP contribution in [0.4, 0.5) is 0 Å². The summed E-state index contributed by atoms with van der Waals surface area (Å²) in [4.78, 5) is 31.5. The van der Waals surface area contributed by atoms with Gasteiger partial charge >= 0.3 is 0 Å². The van der Waals surface area contributed by atoms with Crippen molar-refractivity contribution in [3.8, 4) is 0 Å². The molecule has 2 aromatic heterocycles. The fourth-order valence-electron chi connectivity index (χ4n) is 4.28. The molecule has 3 aromatic rings. The number of benzene rings is 1. The highest BCUT2D eigenvalue weighted by Gasteiger charge is 2.35. The summed E-state index contributed by atoms with van der Waals surface area (Å²) in [5.41, 5.74) is 3.50. The van der Waals surface area contributed by atoms with Gasteiger partial charge < -0.3 is 14.2 Å². The fraction of sp³-hybridized carbons (Fsp3) is 0.360. The first-order valence-corrected chi connectivity index (χ1v) is 11.6. The molecule has 5 nitrogen and oxygen atoms in total. The Bertz CT molecular complexity index is 1050. The quantitative estimate of drug-likeness (QED) is 0.551. The summed E-state index contributed by atoms with van der Waals surface area (Å²) in [5.74, 6) is 0.227. The molecule has 0 saturated heterocycles.